The first-order chi connectivity index (χ1) is 17.7. The van der Waals surface area contributed by atoms with Crippen molar-refractivity contribution < 1.29 is 18.5 Å². The lowest BCUT2D eigenvalue weighted by molar-refractivity contribution is -0.384. The highest BCUT2D eigenvalue weighted by molar-refractivity contribution is 6.04. The second-order valence-electron chi connectivity index (χ2n) is 8.96. The minimum atomic E-state index is -2.70. The van der Waals surface area contributed by atoms with Crippen LogP contribution in [0.2, 0.25) is 0 Å². The summed E-state index contributed by atoms with van der Waals surface area (Å²) in [5.74, 6) is -1.68. The highest BCUT2D eigenvalue weighted by Crippen LogP contribution is 2.30. The number of hydrogen-bond acceptors (Lipinski definition) is 10. The van der Waals surface area contributed by atoms with Gasteiger partial charge in [-0.3, -0.25) is 14.9 Å². The lowest BCUT2D eigenvalue weighted by atomic mass is 10.1. The maximum atomic E-state index is 13.0. The zero-order chi connectivity index (χ0) is 26.2. The maximum absolute atomic E-state index is 13.0. The Labute approximate surface area is 210 Å². The van der Waals surface area contributed by atoms with Gasteiger partial charge in [0.2, 0.25) is 5.95 Å². The first kappa shape index (κ1) is 24.2. The molecular weight excluding hydrogens is 488 g/mol. The summed E-state index contributed by atoms with van der Waals surface area (Å²) in [5.41, 5.74) is 0.667. The number of carbonyl (C=O) groups is 1. The standard InChI is InChI=1S/C23H23F2N9O3/c1-15-12-31(20-8-18(34(36)37)4-5-26-20)6-7-33(15)22-28-10-17(11-29-22)30-21(35)16-2-3-19(27-9-16)32-13-23(24,25)14-32/h2-5,8-11,15H,6-7,12-14H2,1H3,(H,30,35)/t15-/m0/s1. The normalized spacial score (nSPS) is 18.8. The molecule has 2 saturated heterocycles. The third kappa shape index (κ3) is 5.22. The summed E-state index contributed by atoms with van der Waals surface area (Å²) in [6.45, 7) is 2.98. The molecule has 0 spiro atoms. The van der Waals surface area contributed by atoms with Crippen LogP contribution in [0.4, 0.5) is 37.7 Å². The van der Waals surface area contributed by atoms with E-state index in [1.165, 1.54) is 54.0 Å². The summed E-state index contributed by atoms with van der Waals surface area (Å²) >= 11 is 0. The third-order valence-electron chi connectivity index (χ3n) is 6.22. The minimum absolute atomic E-state index is 0.00574. The number of amides is 1. The van der Waals surface area contributed by atoms with E-state index in [9.17, 15) is 23.7 Å². The van der Waals surface area contributed by atoms with E-state index in [1.54, 1.807) is 0 Å². The molecule has 14 heteroatoms. The van der Waals surface area contributed by atoms with Gasteiger partial charge in [0.25, 0.3) is 17.5 Å². The average molecular weight is 511 g/mol. The zero-order valence-electron chi connectivity index (χ0n) is 19.8. The van der Waals surface area contributed by atoms with Crippen molar-refractivity contribution in [3.05, 3.63) is 64.7 Å². The van der Waals surface area contributed by atoms with Crippen molar-refractivity contribution in [2.75, 3.05) is 52.7 Å². The number of nitrogens with one attached hydrogen (secondary N) is 1. The molecule has 1 atom stereocenters. The van der Waals surface area contributed by atoms with Crippen LogP contribution in [0.25, 0.3) is 0 Å². The molecule has 2 fully saturated rings. The molecule has 192 valence electrons. The van der Waals surface area contributed by atoms with Gasteiger partial charge in [0.05, 0.1) is 47.7 Å². The average Bonchev–Trinajstić information content (AvgIpc) is 2.88. The van der Waals surface area contributed by atoms with Crippen LogP contribution in [0.5, 0.6) is 0 Å². The zero-order valence-corrected chi connectivity index (χ0v) is 19.8. The van der Waals surface area contributed by atoms with E-state index in [2.05, 4.69) is 25.3 Å². The maximum Gasteiger partial charge on any atom is 0.282 e. The summed E-state index contributed by atoms with van der Waals surface area (Å²) in [6.07, 6.45) is 5.78. The molecule has 0 unspecified atom stereocenters. The van der Waals surface area contributed by atoms with Crippen LogP contribution < -0.4 is 20.0 Å². The van der Waals surface area contributed by atoms with Gasteiger partial charge in [-0.1, -0.05) is 0 Å². The highest BCUT2D eigenvalue weighted by atomic mass is 19.3. The van der Waals surface area contributed by atoms with Gasteiger partial charge in [-0.05, 0) is 19.1 Å². The van der Waals surface area contributed by atoms with Gasteiger partial charge in [0, 0.05) is 44.1 Å². The van der Waals surface area contributed by atoms with Gasteiger partial charge in [-0.15, -0.1) is 0 Å². The smallest absolute Gasteiger partial charge is 0.282 e. The Morgan fingerprint density at radius 1 is 1.05 bits per heavy atom. The molecule has 3 aromatic rings. The molecule has 0 radical (unpaired) electrons. The molecule has 0 bridgehead atoms. The molecule has 0 aliphatic carbocycles. The van der Waals surface area contributed by atoms with Gasteiger partial charge in [0.15, 0.2) is 0 Å². The number of nitro groups is 1. The number of anilines is 4. The van der Waals surface area contributed by atoms with Gasteiger partial charge in [0.1, 0.15) is 11.6 Å². The summed E-state index contributed by atoms with van der Waals surface area (Å²) in [6, 6.07) is 5.89. The van der Waals surface area contributed by atoms with Crippen molar-refractivity contribution in [1.29, 1.82) is 0 Å². The quantitative estimate of drug-likeness (QED) is 0.389. The second-order valence-corrected chi connectivity index (χ2v) is 8.96. The molecule has 37 heavy (non-hydrogen) atoms. The second kappa shape index (κ2) is 9.52. The fourth-order valence-corrected chi connectivity index (χ4v) is 4.28. The van der Waals surface area contributed by atoms with E-state index >= 15 is 0 Å². The van der Waals surface area contributed by atoms with Crippen LogP contribution in [0.1, 0.15) is 17.3 Å². The molecule has 3 aromatic heterocycles. The van der Waals surface area contributed by atoms with E-state index in [-0.39, 0.29) is 30.4 Å². The van der Waals surface area contributed by atoms with E-state index in [1.807, 2.05) is 16.7 Å². The largest absolute Gasteiger partial charge is 0.353 e. The van der Waals surface area contributed by atoms with Gasteiger partial charge >= 0.3 is 0 Å². The Balaban J connectivity index is 1.17. The Morgan fingerprint density at radius 2 is 1.81 bits per heavy atom. The lowest BCUT2D eigenvalue weighted by Gasteiger charge is -2.40. The molecule has 12 nitrogen and oxygen atoms in total. The molecule has 0 saturated carbocycles. The number of piperazine rings is 1. The number of alkyl halides is 2. The number of carbonyl (C=O) groups excluding carboxylic acids is 1. The summed E-state index contributed by atoms with van der Waals surface area (Å²) in [5, 5.41) is 13.8. The third-order valence-corrected chi connectivity index (χ3v) is 6.22. The van der Waals surface area contributed by atoms with Crippen LogP contribution in [-0.2, 0) is 0 Å². The number of hydrogen-bond donors (Lipinski definition) is 1. The lowest BCUT2D eigenvalue weighted by Crippen LogP contribution is -2.56. The monoisotopic (exact) mass is 511 g/mol. The summed E-state index contributed by atoms with van der Waals surface area (Å²) in [7, 11) is 0. The van der Waals surface area contributed by atoms with Gasteiger partial charge in [-0.2, -0.15) is 0 Å². The van der Waals surface area contributed by atoms with Crippen molar-refractivity contribution in [3.8, 4) is 0 Å². The highest BCUT2D eigenvalue weighted by Gasteiger charge is 2.44. The topological polar surface area (TPSA) is 134 Å². The Bertz CT molecular complexity index is 1300. The SMILES string of the molecule is C[C@H]1CN(c2cc([N+](=O)[O-])ccn2)CCN1c1ncc(NC(=O)c2ccc(N3CC(F)(F)C3)nc2)cn1. The van der Waals surface area contributed by atoms with E-state index < -0.39 is 16.8 Å². The first-order valence-corrected chi connectivity index (χ1v) is 11.5. The van der Waals surface area contributed by atoms with Crippen LogP contribution >= 0.6 is 0 Å². The minimum Gasteiger partial charge on any atom is -0.353 e. The molecule has 5 heterocycles. The first-order valence-electron chi connectivity index (χ1n) is 11.5. The van der Waals surface area contributed by atoms with Crippen molar-refractivity contribution in [1.82, 2.24) is 19.9 Å². The van der Waals surface area contributed by atoms with E-state index in [4.69, 9.17) is 0 Å². The Morgan fingerprint density at radius 3 is 2.43 bits per heavy atom. The molecule has 0 aromatic carbocycles. The van der Waals surface area contributed by atoms with E-state index in [0.29, 0.717) is 42.9 Å². The fourth-order valence-electron chi connectivity index (χ4n) is 4.28. The molecule has 2 aliphatic rings. The fraction of sp³-hybridized carbons (Fsp3) is 0.348. The van der Waals surface area contributed by atoms with Crippen LogP contribution in [0.3, 0.4) is 0 Å². The van der Waals surface area contributed by atoms with Crippen molar-refractivity contribution in [2.45, 2.75) is 18.9 Å². The molecule has 1 amide bonds. The van der Waals surface area contributed by atoms with E-state index in [0.717, 1.165) is 0 Å². The Kier molecular flexibility index (Phi) is 6.23. The van der Waals surface area contributed by atoms with Gasteiger partial charge < -0.3 is 20.0 Å². The molecule has 1 N–H and O–H groups in total. The van der Waals surface area contributed by atoms with Gasteiger partial charge in [-0.25, -0.2) is 28.7 Å². The number of nitrogens with zero attached hydrogens (tertiary/aromatic N) is 8. The number of pyridine rings is 2. The predicted molar refractivity (Wildman–Crippen MR) is 131 cm³/mol. The molecule has 2 aliphatic heterocycles. The molecule has 5 rings (SSSR count). The number of aromatic nitrogens is 4. The van der Waals surface area contributed by atoms with Crippen molar-refractivity contribution in [3.63, 3.8) is 0 Å². The molecular formula is C23H23F2N9O3. The van der Waals surface area contributed by atoms with Crippen molar-refractivity contribution in [2.24, 2.45) is 0 Å². The van der Waals surface area contributed by atoms with Crippen LogP contribution in [-0.4, -0.2) is 75.5 Å². The Hall–Kier alpha value is -4.49. The number of rotatable bonds is 6. The van der Waals surface area contributed by atoms with Crippen LogP contribution in [0, 0.1) is 10.1 Å². The summed E-state index contributed by atoms with van der Waals surface area (Å²) < 4.78 is 26.1. The number of halogens is 2. The van der Waals surface area contributed by atoms with Crippen LogP contribution in [0.15, 0.2) is 49.1 Å². The van der Waals surface area contributed by atoms with Crippen molar-refractivity contribution >= 4 is 34.9 Å². The predicted octanol–water partition coefficient (Wildman–Crippen LogP) is 2.60. The summed E-state index contributed by atoms with van der Waals surface area (Å²) in [4.78, 5) is 45.8.